The first-order valence-electron chi connectivity index (χ1n) is 4.64. The number of benzene rings is 1. The van der Waals surface area contributed by atoms with Crippen LogP contribution in [-0.2, 0) is 16.4 Å². The smallest absolute Gasteiger partial charge is 0.225 e. The first kappa shape index (κ1) is 12.7. The van der Waals surface area contributed by atoms with Crippen molar-refractivity contribution in [1.82, 2.24) is 0 Å². The molecule has 0 unspecified atom stereocenters. The molecule has 1 rings (SSSR count). The molecule has 0 radical (unpaired) electrons. The Morgan fingerprint density at radius 2 is 2.07 bits per heavy atom. The summed E-state index contributed by atoms with van der Waals surface area (Å²) in [6.45, 7) is 1.79. The van der Waals surface area contributed by atoms with Gasteiger partial charge in [-0.3, -0.25) is 0 Å². The second-order valence-electron chi connectivity index (χ2n) is 3.38. The molecule has 0 bridgehead atoms. The van der Waals surface area contributed by atoms with Gasteiger partial charge in [-0.15, -0.1) is 0 Å². The first-order valence-corrected chi connectivity index (χ1v) is 7.31. The van der Waals surface area contributed by atoms with Gasteiger partial charge in [-0.05, 0) is 37.0 Å². The molecule has 15 heavy (non-hydrogen) atoms. The van der Waals surface area contributed by atoms with Gasteiger partial charge in [0.1, 0.15) is 0 Å². The molecule has 0 amide bonds. The Kier molecular flexibility index (Phi) is 4.31. The predicted molar refractivity (Wildman–Crippen MR) is 64.7 cm³/mol. The third kappa shape index (κ3) is 3.29. The summed E-state index contributed by atoms with van der Waals surface area (Å²) < 4.78 is 22.5. The lowest BCUT2D eigenvalue weighted by Crippen LogP contribution is -2.14. The van der Waals surface area contributed by atoms with Gasteiger partial charge in [0.05, 0.1) is 4.90 Å². The fraction of sp³-hybridized carbons (Fsp3) is 0.400. The van der Waals surface area contributed by atoms with Crippen molar-refractivity contribution in [2.75, 3.05) is 5.33 Å². The van der Waals surface area contributed by atoms with E-state index in [-0.39, 0.29) is 4.90 Å². The van der Waals surface area contributed by atoms with E-state index in [1.807, 2.05) is 6.07 Å². The van der Waals surface area contributed by atoms with Crippen LogP contribution in [0.1, 0.15) is 17.5 Å². The van der Waals surface area contributed by atoms with Crippen LogP contribution in [0.3, 0.4) is 0 Å². The molecular weight excluding hydrogens is 278 g/mol. The molecular formula is C10H14BrNO2S. The number of primary sulfonamides is 1. The van der Waals surface area contributed by atoms with Gasteiger partial charge in [-0.1, -0.05) is 28.1 Å². The standard InChI is InChI=1S/C10H14BrNO2S/c1-8-9(5-3-7-11)4-2-6-10(8)15(12,13)14/h2,4,6H,3,5,7H2,1H3,(H2,12,13,14). The SMILES string of the molecule is Cc1c(CCCBr)cccc1S(N)(=O)=O. The molecule has 0 heterocycles. The van der Waals surface area contributed by atoms with Crippen LogP contribution in [0.5, 0.6) is 0 Å². The minimum absolute atomic E-state index is 0.231. The zero-order valence-corrected chi connectivity index (χ0v) is 10.9. The van der Waals surface area contributed by atoms with Crippen molar-refractivity contribution >= 4 is 26.0 Å². The fourth-order valence-corrected chi connectivity index (χ4v) is 2.60. The van der Waals surface area contributed by atoms with Gasteiger partial charge >= 0.3 is 0 Å². The average molecular weight is 292 g/mol. The highest BCUT2D eigenvalue weighted by molar-refractivity contribution is 9.09. The summed E-state index contributed by atoms with van der Waals surface area (Å²) in [5.74, 6) is 0. The average Bonchev–Trinajstić information content (AvgIpc) is 2.14. The van der Waals surface area contributed by atoms with E-state index in [0.29, 0.717) is 0 Å². The quantitative estimate of drug-likeness (QED) is 0.862. The number of aryl methyl sites for hydroxylation is 1. The normalized spacial score (nSPS) is 11.7. The molecule has 3 nitrogen and oxygen atoms in total. The van der Waals surface area contributed by atoms with Gasteiger partial charge < -0.3 is 0 Å². The summed E-state index contributed by atoms with van der Waals surface area (Å²) in [6.07, 6.45) is 1.84. The van der Waals surface area contributed by atoms with Crippen molar-refractivity contribution in [2.24, 2.45) is 5.14 Å². The van der Waals surface area contributed by atoms with Gasteiger partial charge in [-0.2, -0.15) is 0 Å². The van der Waals surface area contributed by atoms with Crippen molar-refractivity contribution in [1.29, 1.82) is 0 Å². The Labute approximate surface area is 98.9 Å². The van der Waals surface area contributed by atoms with Crippen LogP contribution in [-0.4, -0.2) is 13.7 Å². The summed E-state index contributed by atoms with van der Waals surface area (Å²) in [4.78, 5) is 0.231. The Morgan fingerprint density at radius 1 is 1.40 bits per heavy atom. The maximum atomic E-state index is 11.2. The highest BCUT2D eigenvalue weighted by Crippen LogP contribution is 2.19. The number of rotatable bonds is 4. The summed E-state index contributed by atoms with van der Waals surface area (Å²) in [7, 11) is -3.59. The molecule has 0 aromatic heterocycles. The lowest BCUT2D eigenvalue weighted by molar-refractivity contribution is 0.597. The maximum Gasteiger partial charge on any atom is 0.238 e. The number of hydrogen-bond acceptors (Lipinski definition) is 2. The Bertz CT molecular complexity index is 443. The minimum Gasteiger partial charge on any atom is -0.225 e. The predicted octanol–water partition coefficient (Wildman–Crippen LogP) is 1.97. The highest BCUT2D eigenvalue weighted by atomic mass is 79.9. The van der Waals surface area contributed by atoms with Gasteiger partial charge in [0.15, 0.2) is 0 Å². The molecule has 0 fully saturated rings. The van der Waals surface area contributed by atoms with Crippen molar-refractivity contribution < 1.29 is 8.42 Å². The van der Waals surface area contributed by atoms with E-state index in [1.165, 1.54) is 0 Å². The first-order chi connectivity index (χ1) is 6.96. The van der Waals surface area contributed by atoms with Gasteiger partial charge in [0.2, 0.25) is 10.0 Å². The van der Waals surface area contributed by atoms with Crippen LogP contribution in [0.25, 0.3) is 0 Å². The Morgan fingerprint density at radius 3 is 2.60 bits per heavy atom. The van der Waals surface area contributed by atoms with E-state index < -0.39 is 10.0 Å². The van der Waals surface area contributed by atoms with Crippen molar-refractivity contribution in [3.05, 3.63) is 29.3 Å². The Hall–Kier alpha value is -0.390. The van der Waals surface area contributed by atoms with E-state index in [2.05, 4.69) is 15.9 Å². The van der Waals surface area contributed by atoms with Gasteiger partial charge in [-0.25, -0.2) is 13.6 Å². The Balaban J connectivity index is 3.12. The van der Waals surface area contributed by atoms with Gasteiger partial charge in [0, 0.05) is 5.33 Å². The third-order valence-electron chi connectivity index (χ3n) is 2.28. The second-order valence-corrected chi connectivity index (χ2v) is 5.70. The number of sulfonamides is 1. The lowest BCUT2D eigenvalue weighted by Gasteiger charge is -2.08. The van der Waals surface area contributed by atoms with Crippen LogP contribution in [0.2, 0.25) is 0 Å². The van der Waals surface area contributed by atoms with Gasteiger partial charge in [0.25, 0.3) is 0 Å². The zero-order valence-electron chi connectivity index (χ0n) is 8.53. The summed E-state index contributed by atoms with van der Waals surface area (Å²) in [5, 5.41) is 6.03. The molecule has 0 aliphatic heterocycles. The zero-order chi connectivity index (χ0) is 11.5. The van der Waals surface area contributed by atoms with E-state index in [1.54, 1.807) is 19.1 Å². The molecule has 0 aliphatic rings. The number of halogens is 1. The number of alkyl halides is 1. The van der Waals surface area contributed by atoms with Crippen LogP contribution in [0, 0.1) is 6.92 Å². The summed E-state index contributed by atoms with van der Waals surface area (Å²) in [5.41, 5.74) is 1.81. The molecule has 1 aromatic rings. The second kappa shape index (κ2) is 5.09. The van der Waals surface area contributed by atoms with Crippen molar-refractivity contribution in [3.8, 4) is 0 Å². The summed E-state index contributed by atoms with van der Waals surface area (Å²) in [6, 6.07) is 5.21. The fourth-order valence-electron chi connectivity index (χ4n) is 1.50. The van der Waals surface area contributed by atoms with Crippen molar-refractivity contribution in [3.63, 3.8) is 0 Å². The van der Waals surface area contributed by atoms with Crippen LogP contribution < -0.4 is 5.14 Å². The molecule has 2 N–H and O–H groups in total. The monoisotopic (exact) mass is 291 g/mol. The molecule has 84 valence electrons. The van der Waals surface area contributed by atoms with Crippen LogP contribution >= 0.6 is 15.9 Å². The minimum atomic E-state index is -3.59. The molecule has 0 spiro atoms. The molecule has 0 saturated heterocycles. The molecule has 0 aliphatic carbocycles. The van der Waals surface area contributed by atoms with E-state index in [4.69, 9.17) is 5.14 Å². The number of nitrogens with two attached hydrogens (primary N) is 1. The van der Waals surface area contributed by atoms with E-state index in [9.17, 15) is 8.42 Å². The van der Waals surface area contributed by atoms with Crippen molar-refractivity contribution in [2.45, 2.75) is 24.7 Å². The molecule has 0 atom stereocenters. The maximum absolute atomic E-state index is 11.2. The third-order valence-corrected chi connectivity index (χ3v) is 3.90. The summed E-state index contributed by atoms with van der Waals surface area (Å²) >= 11 is 3.35. The molecule has 1 aromatic carbocycles. The topological polar surface area (TPSA) is 60.2 Å². The lowest BCUT2D eigenvalue weighted by atomic mass is 10.0. The largest absolute Gasteiger partial charge is 0.238 e. The van der Waals surface area contributed by atoms with E-state index in [0.717, 1.165) is 29.3 Å². The number of hydrogen-bond donors (Lipinski definition) is 1. The van der Waals surface area contributed by atoms with E-state index >= 15 is 0 Å². The van der Waals surface area contributed by atoms with Crippen LogP contribution in [0.15, 0.2) is 23.1 Å². The molecule has 0 saturated carbocycles. The van der Waals surface area contributed by atoms with Crippen LogP contribution in [0.4, 0.5) is 0 Å². The highest BCUT2D eigenvalue weighted by Gasteiger charge is 2.12. The molecule has 5 heteroatoms.